The summed E-state index contributed by atoms with van der Waals surface area (Å²) >= 11 is 6.12. The quantitative estimate of drug-likeness (QED) is 0.226. The Bertz CT molecular complexity index is 1060. The molecule has 0 spiro atoms. The summed E-state index contributed by atoms with van der Waals surface area (Å²) in [5.74, 6) is -0.396. The minimum absolute atomic E-state index is 0.113. The Morgan fingerprint density at radius 3 is 2.38 bits per heavy atom. The number of carbonyl (C=O) groups excluding carboxylic acids is 1. The van der Waals surface area contributed by atoms with Gasteiger partial charge in [0.2, 0.25) is 5.91 Å². The minimum atomic E-state index is -4.31. The molecule has 4 nitrogen and oxygen atoms in total. The molecule has 1 aromatic heterocycles. The third-order valence-corrected chi connectivity index (χ3v) is 6.21. The fourth-order valence-corrected chi connectivity index (χ4v) is 4.48. The zero-order valence-corrected chi connectivity index (χ0v) is 20.1. The van der Waals surface area contributed by atoms with E-state index in [-0.39, 0.29) is 16.8 Å². The van der Waals surface area contributed by atoms with E-state index < -0.39 is 12.6 Å². The lowest BCUT2D eigenvalue weighted by Gasteiger charge is -2.16. The highest BCUT2D eigenvalue weighted by Gasteiger charge is 2.29. The van der Waals surface area contributed by atoms with E-state index in [4.69, 9.17) is 12.2 Å². The van der Waals surface area contributed by atoms with E-state index in [9.17, 15) is 18.0 Å². The van der Waals surface area contributed by atoms with Gasteiger partial charge in [0, 0.05) is 23.4 Å². The molecule has 1 atom stereocenters. The average Bonchev–Trinajstić information content (AvgIpc) is 3.26. The van der Waals surface area contributed by atoms with Crippen molar-refractivity contribution >= 4 is 39.6 Å². The van der Waals surface area contributed by atoms with Crippen molar-refractivity contribution in [1.29, 1.82) is 0 Å². The summed E-state index contributed by atoms with van der Waals surface area (Å²) in [5, 5.41) is 8.05. The highest BCUT2D eigenvalue weighted by atomic mass is 32.1. The van der Waals surface area contributed by atoms with E-state index >= 15 is 0 Å². The molecule has 3 rings (SSSR count). The Morgan fingerprint density at radius 2 is 1.71 bits per heavy atom. The van der Waals surface area contributed by atoms with Crippen molar-refractivity contribution in [3.05, 3.63) is 71.6 Å². The van der Waals surface area contributed by atoms with Crippen molar-refractivity contribution in [2.24, 2.45) is 5.92 Å². The van der Waals surface area contributed by atoms with Crippen molar-refractivity contribution in [3.8, 4) is 11.3 Å². The van der Waals surface area contributed by atoms with Crippen LogP contribution in [0.5, 0.6) is 0 Å². The normalized spacial score (nSPS) is 12.2. The number of nitrogens with one attached hydrogen (secondary N) is 2. The van der Waals surface area contributed by atoms with Gasteiger partial charge in [-0.15, -0.1) is 11.3 Å². The number of anilines is 1. The first-order valence-corrected chi connectivity index (χ1v) is 12.3. The fourth-order valence-electron chi connectivity index (χ4n) is 3.49. The van der Waals surface area contributed by atoms with Gasteiger partial charge in [-0.05, 0) is 24.8 Å². The lowest BCUT2D eigenvalue weighted by Crippen LogP contribution is -2.28. The maximum atomic E-state index is 13.1. The molecule has 2 aromatic carbocycles. The van der Waals surface area contributed by atoms with Gasteiger partial charge in [-0.2, -0.15) is 13.2 Å². The van der Waals surface area contributed by atoms with Gasteiger partial charge in [0.1, 0.15) is 0 Å². The van der Waals surface area contributed by atoms with E-state index in [0.29, 0.717) is 37.4 Å². The molecule has 0 saturated heterocycles. The summed E-state index contributed by atoms with van der Waals surface area (Å²) in [6, 6.07) is 19.5. The number of alkyl halides is 3. The second kappa shape index (κ2) is 12.6. The van der Waals surface area contributed by atoms with Crippen molar-refractivity contribution in [1.82, 2.24) is 10.3 Å². The van der Waals surface area contributed by atoms with Crippen LogP contribution in [0, 0.1) is 5.92 Å². The molecule has 0 aliphatic carbocycles. The molecule has 9 heteroatoms. The number of benzene rings is 2. The number of thiocarbonyl (C=S) groups is 1. The molecule has 180 valence electrons. The predicted octanol–water partition coefficient (Wildman–Crippen LogP) is 6.65. The van der Waals surface area contributed by atoms with E-state index in [1.807, 2.05) is 66.0 Å². The SMILES string of the molecule is O=C(Nc1nc(-c2ccccc2)cs1)[C@@H](CCCCNC(=S)CC(F)(F)F)Cc1ccccc1. The Balaban J connectivity index is 1.55. The minimum Gasteiger partial charge on any atom is -0.379 e. The maximum absolute atomic E-state index is 13.1. The molecule has 0 bridgehead atoms. The number of unbranched alkanes of at least 4 members (excludes halogenated alkanes) is 1. The number of hydrogen-bond donors (Lipinski definition) is 2. The van der Waals surface area contributed by atoms with Crippen LogP contribution in [-0.4, -0.2) is 28.6 Å². The molecule has 0 fully saturated rings. The van der Waals surface area contributed by atoms with Gasteiger partial charge < -0.3 is 10.6 Å². The number of hydrogen-bond acceptors (Lipinski definition) is 4. The first-order valence-electron chi connectivity index (χ1n) is 11.0. The Labute approximate surface area is 206 Å². The molecule has 0 unspecified atom stereocenters. The van der Waals surface area contributed by atoms with Gasteiger partial charge in [0.05, 0.1) is 17.1 Å². The zero-order valence-electron chi connectivity index (χ0n) is 18.5. The Kier molecular flexibility index (Phi) is 9.59. The molecule has 3 aromatic rings. The van der Waals surface area contributed by atoms with Crippen LogP contribution >= 0.6 is 23.6 Å². The van der Waals surface area contributed by atoms with Gasteiger partial charge >= 0.3 is 6.18 Å². The van der Waals surface area contributed by atoms with Crippen LogP contribution in [-0.2, 0) is 11.2 Å². The topological polar surface area (TPSA) is 54.0 Å². The number of rotatable bonds is 11. The predicted molar refractivity (Wildman–Crippen MR) is 135 cm³/mol. The van der Waals surface area contributed by atoms with Crippen LogP contribution in [0.25, 0.3) is 11.3 Å². The summed E-state index contributed by atoms with van der Waals surface area (Å²) in [6.45, 7) is 0.349. The van der Waals surface area contributed by atoms with E-state index in [0.717, 1.165) is 16.8 Å². The molecule has 0 saturated carbocycles. The van der Waals surface area contributed by atoms with Crippen LogP contribution in [0.2, 0.25) is 0 Å². The van der Waals surface area contributed by atoms with Crippen LogP contribution in [0.4, 0.5) is 18.3 Å². The number of aromatic nitrogens is 1. The van der Waals surface area contributed by atoms with E-state index in [2.05, 4.69) is 15.6 Å². The van der Waals surface area contributed by atoms with Crippen molar-refractivity contribution in [3.63, 3.8) is 0 Å². The number of amides is 1. The lowest BCUT2D eigenvalue weighted by atomic mass is 9.93. The number of thiazole rings is 1. The molecule has 0 radical (unpaired) electrons. The molecule has 2 N–H and O–H groups in total. The van der Waals surface area contributed by atoms with Crippen LogP contribution in [0.3, 0.4) is 0 Å². The molecule has 1 amide bonds. The van der Waals surface area contributed by atoms with Gasteiger partial charge in [-0.1, -0.05) is 79.3 Å². The monoisotopic (exact) mass is 505 g/mol. The van der Waals surface area contributed by atoms with Crippen LogP contribution in [0.1, 0.15) is 31.2 Å². The summed E-state index contributed by atoms with van der Waals surface area (Å²) in [5.41, 5.74) is 2.84. The zero-order chi connectivity index (χ0) is 24.4. The van der Waals surface area contributed by atoms with Crippen LogP contribution < -0.4 is 10.6 Å². The number of nitrogens with zero attached hydrogens (tertiary/aromatic N) is 1. The van der Waals surface area contributed by atoms with Gasteiger partial charge in [0.25, 0.3) is 0 Å². The summed E-state index contributed by atoms with van der Waals surface area (Å²) in [7, 11) is 0. The first kappa shape index (κ1) is 25.8. The smallest absolute Gasteiger partial charge is 0.379 e. The standard InChI is InChI=1S/C25H26F3N3OS2/c26-25(27,28)16-22(33)29-14-8-7-13-20(15-18-9-3-1-4-10-18)23(32)31-24-30-21(17-34-24)19-11-5-2-6-12-19/h1-6,9-12,17,20H,7-8,13-16H2,(H,29,33)(H,30,31,32)/t20-/m0/s1. The summed E-state index contributed by atoms with van der Waals surface area (Å²) in [6.07, 6.45) is -2.94. The second-order valence-electron chi connectivity index (χ2n) is 7.92. The van der Waals surface area contributed by atoms with Gasteiger partial charge in [-0.3, -0.25) is 4.79 Å². The first-order chi connectivity index (χ1) is 16.3. The largest absolute Gasteiger partial charge is 0.395 e. The van der Waals surface area contributed by atoms with E-state index in [1.54, 1.807) is 0 Å². The molecule has 1 heterocycles. The highest BCUT2D eigenvalue weighted by Crippen LogP contribution is 2.26. The summed E-state index contributed by atoms with van der Waals surface area (Å²) < 4.78 is 37.2. The van der Waals surface area contributed by atoms with Gasteiger partial charge in [-0.25, -0.2) is 4.98 Å². The number of carbonyl (C=O) groups is 1. The number of halogens is 3. The third kappa shape index (κ3) is 8.87. The Hall–Kier alpha value is -2.78. The van der Waals surface area contributed by atoms with Crippen molar-refractivity contribution in [2.75, 3.05) is 11.9 Å². The summed E-state index contributed by atoms with van der Waals surface area (Å²) in [4.78, 5) is 17.4. The molecule has 0 aliphatic heterocycles. The fraction of sp³-hybridized carbons (Fsp3) is 0.320. The average molecular weight is 506 g/mol. The highest BCUT2D eigenvalue weighted by molar-refractivity contribution is 7.80. The van der Waals surface area contributed by atoms with Crippen molar-refractivity contribution < 1.29 is 18.0 Å². The molecular formula is C25H26F3N3OS2. The third-order valence-electron chi connectivity index (χ3n) is 5.16. The molecule has 34 heavy (non-hydrogen) atoms. The molecular weight excluding hydrogens is 479 g/mol. The lowest BCUT2D eigenvalue weighted by molar-refractivity contribution is -0.121. The van der Waals surface area contributed by atoms with E-state index in [1.165, 1.54) is 11.3 Å². The van der Waals surface area contributed by atoms with Crippen LogP contribution in [0.15, 0.2) is 66.0 Å². The van der Waals surface area contributed by atoms with Crippen molar-refractivity contribution in [2.45, 2.75) is 38.3 Å². The maximum Gasteiger partial charge on any atom is 0.395 e. The Morgan fingerprint density at radius 1 is 1.03 bits per heavy atom. The van der Waals surface area contributed by atoms with Gasteiger partial charge in [0.15, 0.2) is 5.13 Å². The molecule has 0 aliphatic rings. The second-order valence-corrected chi connectivity index (χ2v) is 9.27.